The highest BCUT2D eigenvalue weighted by Gasteiger charge is 2.43. The summed E-state index contributed by atoms with van der Waals surface area (Å²) < 4.78 is 0. The van der Waals surface area contributed by atoms with Gasteiger partial charge >= 0.3 is 0 Å². The molecular formula is C11H9Cl2NO. The molecule has 0 bridgehead atoms. The zero-order valence-electron chi connectivity index (χ0n) is 7.82. The molecule has 0 saturated heterocycles. The first kappa shape index (κ1) is 10.8. The van der Waals surface area contributed by atoms with Crippen molar-refractivity contribution in [3.05, 3.63) is 33.8 Å². The fraction of sp³-hybridized carbons (Fsp3) is 0.364. The molecule has 1 saturated carbocycles. The van der Waals surface area contributed by atoms with Gasteiger partial charge in [0.05, 0.1) is 28.1 Å². The van der Waals surface area contributed by atoms with Crippen LogP contribution < -0.4 is 0 Å². The van der Waals surface area contributed by atoms with E-state index in [-0.39, 0.29) is 11.8 Å². The predicted octanol–water partition coefficient (Wildman–Crippen LogP) is 3.19. The summed E-state index contributed by atoms with van der Waals surface area (Å²) >= 11 is 11.6. The summed E-state index contributed by atoms with van der Waals surface area (Å²) in [6.45, 7) is 0. The topological polar surface area (TPSA) is 44.0 Å². The number of aliphatic hydroxyl groups excluding tert-OH is 1. The molecule has 1 aliphatic rings. The Morgan fingerprint density at radius 3 is 2.67 bits per heavy atom. The van der Waals surface area contributed by atoms with Crippen molar-refractivity contribution in [1.82, 2.24) is 0 Å². The highest BCUT2D eigenvalue weighted by atomic mass is 35.5. The zero-order valence-corrected chi connectivity index (χ0v) is 9.33. The Morgan fingerprint density at radius 1 is 1.40 bits per heavy atom. The Morgan fingerprint density at radius 2 is 2.13 bits per heavy atom. The van der Waals surface area contributed by atoms with Crippen LogP contribution in [0.4, 0.5) is 0 Å². The SMILES string of the molecule is N#C[C@@H]1CC1C(O)c1ccc(Cl)c(Cl)c1. The maximum absolute atomic E-state index is 9.92. The van der Waals surface area contributed by atoms with Gasteiger partial charge in [-0.2, -0.15) is 5.26 Å². The first-order chi connectivity index (χ1) is 7.13. The third-order valence-corrected chi connectivity index (χ3v) is 3.44. The van der Waals surface area contributed by atoms with Gasteiger partial charge in [-0.15, -0.1) is 0 Å². The van der Waals surface area contributed by atoms with Crippen molar-refractivity contribution in [3.63, 3.8) is 0 Å². The van der Waals surface area contributed by atoms with Crippen molar-refractivity contribution in [2.75, 3.05) is 0 Å². The van der Waals surface area contributed by atoms with Crippen molar-refractivity contribution < 1.29 is 5.11 Å². The maximum Gasteiger partial charge on any atom is 0.0831 e. The lowest BCUT2D eigenvalue weighted by atomic mass is 10.0. The molecule has 0 heterocycles. The molecule has 2 unspecified atom stereocenters. The Kier molecular flexibility index (Phi) is 2.88. The second kappa shape index (κ2) is 4.02. The molecule has 0 spiro atoms. The predicted molar refractivity (Wildman–Crippen MR) is 58.6 cm³/mol. The molecular weight excluding hydrogens is 233 g/mol. The van der Waals surface area contributed by atoms with Gasteiger partial charge in [0.1, 0.15) is 0 Å². The first-order valence-electron chi connectivity index (χ1n) is 4.66. The second-order valence-corrected chi connectivity index (χ2v) is 4.57. The molecule has 1 aromatic rings. The van der Waals surface area contributed by atoms with Crippen LogP contribution in [0.3, 0.4) is 0 Å². The largest absolute Gasteiger partial charge is 0.388 e. The molecule has 0 aromatic heterocycles. The Labute approximate surface area is 98.0 Å². The highest BCUT2D eigenvalue weighted by molar-refractivity contribution is 6.42. The van der Waals surface area contributed by atoms with E-state index in [0.29, 0.717) is 10.0 Å². The number of nitrogens with zero attached hydrogens (tertiary/aromatic N) is 1. The summed E-state index contributed by atoms with van der Waals surface area (Å²) in [5, 5.41) is 19.5. The molecule has 0 radical (unpaired) electrons. The molecule has 1 aromatic carbocycles. The normalized spacial score (nSPS) is 25.7. The number of benzene rings is 1. The molecule has 15 heavy (non-hydrogen) atoms. The van der Waals surface area contributed by atoms with Gasteiger partial charge in [0.2, 0.25) is 0 Å². The van der Waals surface area contributed by atoms with Crippen LogP contribution in [0.1, 0.15) is 18.1 Å². The number of rotatable bonds is 2. The minimum absolute atomic E-state index is 0.0190. The lowest BCUT2D eigenvalue weighted by Gasteiger charge is -2.10. The highest BCUT2D eigenvalue weighted by Crippen LogP contribution is 2.47. The number of hydrogen-bond donors (Lipinski definition) is 1. The van der Waals surface area contributed by atoms with Crippen LogP contribution in [0.2, 0.25) is 10.0 Å². The van der Waals surface area contributed by atoms with E-state index < -0.39 is 6.10 Å². The van der Waals surface area contributed by atoms with Gasteiger partial charge in [0.25, 0.3) is 0 Å². The van der Waals surface area contributed by atoms with Crippen molar-refractivity contribution in [2.45, 2.75) is 12.5 Å². The number of aliphatic hydroxyl groups is 1. The molecule has 78 valence electrons. The van der Waals surface area contributed by atoms with E-state index in [9.17, 15) is 5.11 Å². The Balaban J connectivity index is 2.17. The van der Waals surface area contributed by atoms with E-state index in [4.69, 9.17) is 28.5 Å². The van der Waals surface area contributed by atoms with E-state index in [1.807, 2.05) is 0 Å². The van der Waals surface area contributed by atoms with Crippen molar-refractivity contribution in [2.24, 2.45) is 11.8 Å². The molecule has 1 aliphatic carbocycles. The van der Waals surface area contributed by atoms with Gasteiger partial charge in [0, 0.05) is 5.92 Å². The lowest BCUT2D eigenvalue weighted by molar-refractivity contribution is 0.150. The molecule has 1 fully saturated rings. The lowest BCUT2D eigenvalue weighted by Crippen LogP contribution is -2.01. The molecule has 0 aliphatic heterocycles. The summed E-state index contributed by atoms with van der Waals surface area (Å²) in [7, 11) is 0. The van der Waals surface area contributed by atoms with Gasteiger partial charge in [0.15, 0.2) is 0 Å². The van der Waals surface area contributed by atoms with Crippen LogP contribution in [0, 0.1) is 23.2 Å². The van der Waals surface area contributed by atoms with Gasteiger partial charge in [-0.3, -0.25) is 0 Å². The van der Waals surface area contributed by atoms with Crippen LogP contribution in [-0.4, -0.2) is 5.11 Å². The number of halogens is 2. The summed E-state index contributed by atoms with van der Waals surface area (Å²) in [6, 6.07) is 7.20. The molecule has 2 rings (SSSR count). The van der Waals surface area contributed by atoms with Crippen molar-refractivity contribution in [1.29, 1.82) is 5.26 Å². The van der Waals surface area contributed by atoms with Crippen LogP contribution in [0.25, 0.3) is 0 Å². The van der Waals surface area contributed by atoms with E-state index in [2.05, 4.69) is 6.07 Å². The summed E-state index contributed by atoms with van der Waals surface area (Å²) in [4.78, 5) is 0. The van der Waals surface area contributed by atoms with Gasteiger partial charge in [-0.05, 0) is 24.1 Å². The minimum atomic E-state index is -0.607. The van der Waals surface area contributed by atoms with Gasteiger partial charge in [-0.1, -0.05) is 29.3 Å². The average molecular weight is 242 g/mol. The molecule has 3 atom stereocenters. The molecule has 2 nitrogen and oxygen atoms in total. The molecule has 4 heteroatoms. The van der Waals surface area contributed by atoms with Gasteiger partial charge < -0.3 is 5.11 Å². The second-order valence-electron chi connectivity index (χ2n) is 3.75. The summed E-state index contributed by atoms with van der Waals surface area (Å²) in [6.07, 6.45) is 0.155. The van der Waals surface area contributed by atoms with Crippen LogP contribution in [-0.2, 0) is 0 Å². The molecule has 1 N–H and O–H groups in total. The van der Waals surface area contributed by atoms with Crippen LogP contribution in [0.5, 0.6) is 0 Å². The smallest absolute Gasteiger partial charge is 0.0831 e. The standard InChI is InChI=1S/C11H9Cl2NO/c12-9-2-1-6(4-10(9)13)11(15)8-3-7(8)5-14/h1-2,4,7-8,11,15H,3H2/t7-,8?,11?/m0/s1. The molecule has 0 amide bonds. The van der Waals surface area contributed by atoms with E-state index in [1.54, 1.807) is 18.2 Å². The number of nitriles is 1. The fourth-order valence-electron chi connectivity index (χ4n) is 1.66. The Bertz CT molecular complexity index is 427. The Hall–Kier alpha value is -0.750. The number of hydrogen-bond acceptors (Lipinski definition) is 2. The minimum Gasteiger partial charge on any atom is -0.388 e. The average Bonchev–Trinajstić information content (AvgIpc) is 3.00. The van der Waals surface area contributed by atoms with Crippen molar-refractivity contribution >= 4 is 23.2 Å². The van der Waals surface area contributed by atoms with Crippen molar-refractivity contribution in [3.8, 4) is 6.07 Å². The summed E-state index contributed by atoms with van der Waals surface area (Å²) in [5.41, 5.74) is 0.729. The fourth-order valence-corrected chi connectivity index (χ4v) is 1.96. The quantitative estimate of drug-likeness (QED) is 0.865. The third-order valence-electron chi connectivity index (χ3n) is 2.70. The van der Waals surface area contributed by atoms with Gasteiger partial charge in [-0.25, -0.2) is 0 Å². The van der Waals surface area contributed by atoms with E-state index >= 15 is 0 Å². The monoisotopic (exact) mass is 241 g/mol. The van der Waals surface area contributed by atoms with Crippen LogP contribution >= 0.6 is 23.2 Å². The van der Waals surface area contributed by atoms with Crippen LogP contribution in [0.15, 0.2) is 18.2 Å². The summed E-state index contributed by atoms with van der Waals surface area (Å²) in [5.74, 6) is 0.0293. The van der Waals surface area contributed by atoms with E-state index in [1.165, 1.54) is 0 Å². The van der Waals surface area contributed by atoms with E-state index in [0.717, 1.165) is 12.0 Å². The maximum atomic E-state index is 9.92. The zero-order chi connectivity index (χ0) is 11.0. The first-order valence-corrected chi connectivity index (χ1v) is 5.41. The third kappa shape index (κ3) is 2.10.